The molecule has 21 heavy (non-hydrogen) atoms. The summed E-state index contributed by atoms with van der Waals surface area (Å²) < 4.78 is 1.60. The van der Waals surface area contributed by atoms with Crippen molar-refractivity contribution >= 4 is 35.0 Å². The molecule has 0 fully saturated rings. The summed E-state index contributed by atoms with van der Waals surface area (Å²) in [5, 5.41) is 0.697. The highest BCUT2D eigenvalue weighted by atomic mass is 35.5. The second-order valence-corrected chi connectivity index (χ2v) is 5.03. The van der Waals surface area contributed by atoms with Crippen molar-refractivity contribution in [3.63, 3.8) is 0 Å². The van der Waals surface area contributed by atoms with Gasteiger partial charge in [0, 0.05) is 18.5 Å². The summed E-state index contributed by atoms with van der Waals surface area (Å²) in [5.74, 6) is 0.867. The smallest absolute Gasteiger partial charge is 0.240 e. The van der Waals surface area contributed by atoms with E-state index in [1.807, 2.05) is 0 Å². The molecule has 3 aromatic rings. The number of hydrogen-bond donors (Lipinski definition) is 2. The molecule has 9 nitrogen and oxygen atoms in total. The predicted octanol–water partition coefficient (Wildman–Crippen LogP) is 0.816. The molecule has 0 amide bonds. The maximum atomic E-state index is 5.90. The van der Waals surface area contributed by atoms with E-state index >= 15 is 0 Å². The Labute approximate surface area is 127 Å². The van der Waals surface area contributed by atoms with Crippen molar-refractivity contribution in [1.29, 1.82) is 0 Å². The molecule has 3 aromatic heterocycles. The molecular weight excluding hydrogens is 314 g/mol. The average molecular weight is 322 g/mol. The van der Waals surface area contributed by atoms with Gasteiger partial charge in [-0.25, -0.2) is 15.0 Å². The Morgan fingerprint density at radius 3 is 2.38 bits per heavy atom. The first kappa shape index (κ1) is 13.5. The molecule has 11 heteroatoms. The van der Waals surface area contributed by atoms with Gasteiger partial charge in [-0.15, -0.1) is 0 Å². The third kappa shape index (κ3) is 3.17. The second kappa shape index (κ2) is 5.50. The number of hydrogen-bond acceptors (Lipinski definition) is 9. The minimum absolute atomic E-state index is 0.0491. The van der Waals surface area contributed by atoms with Crippen LogP contribution in [0, 0.1) is 0 Å². The number of nitrogens with zero attached hydrogens (tertiary/aromatic N) is 7. The number of nitrogens with two attached hydrogens (primary N) is 2. The Hall–Kier alpha value is -2.46. The van der Waals surface area contributed by atoms with Crippen LogP contribution in [0.3, 0.4) is 0 Å². The summed E-state index contributed by atoms with van der Waals surface area (Å²) in [6, 6.07) is 1.46. The Kier molecular flexibility index (Phi) is 3.54. The molecule has 0 aliphatic carbocycles. The van der Waals surface area contributed by atoms with E-state index < -0.39 is 0 Å². The molecule has 3 rings (SSSR count). The van der Waals surface area contributed by atoms with Crippen LogP contribution in [-0.2, 0) is 0 Å². The topological polar surface area (TPSA) is 134 Å². The van der Waals surface area contributed by atoms with Crippen molar-refractivity contribution in [3.8, 4) is 5.95 Å². The van der Waals surface area contributed by atoms with Crippen LogP contribution in [0.15, 0.2) is 35.1 Å². The SMILES string of the molecule is Nc1cc(N)nc(Sc2nc(Cl)nc(-n3ccnc3)n2)n1. The second-order valence-electron chi connectivity index (χ2n) is 3.76. The van der Waals surface area contributed by atoms with Gasteiger partial charge in [-0.2, -0.15) is 15.0 Å². The van der Waals surface area contributed by atoms with Crippen LogP contribution < -0.4 is 11.5 Å². The molecule has 3 heterocycles. The van der Waals surface area contributed by atoms with E-state index in [-0.39, 0.29) is 16.9 Å². The Morgan fingerprint density at radius 1 is 1.00 bits per heavy atom. The first-order valence-electron chi connectivity index (χ1n) is 5.58. The van der Waals surface area contributed by atoms with E-state index in [0.29, 0.717) is 16.3 Å². The summed E-state index contributed by atoms with van der Waals surface area (Å²) in [5.41, 5.74) is 11.2. The van der Waals surface area contributed by atoms with Gasteiger partial charge in [0.15, 0.2) is 5.16 Å². The highest BCUT2D eigenvalue weighted by molar-refractivity contribution is 7.99. The van der Waals surface area contributed by atoms with E-state index in [9.17, 15) is 0 Å². The van der Waals surface area contributed by atoms with Crippen molar-refractivity contribution in [2.75, 3.05) is 11.5 Å². The number of aromatic nitrogens is 7. The largest absolute Gasteiger partial charge is 0.383 e. The Morgan fingerprint density at radius 2 is 1.71 bits per heavy atom. The van der Waals surface area contributed by atoms with Crippen LogP contribution in [0.2, 0.25) is 5.28 Å². The normalized spacial score (nSPS) is 10.7. The maximum Gasteiger partial charge on any atom is 0.240 e. The highest BCUT2D eigenvalue weighted by Crippen LogP contribution is 2.24. The lowest BCUT2D eigenvalue weighted by molar-refractivity contribution is 0.819. The first-order valence-corrected chi connectivity index (χ1v) is 6.77. The van der Waals surface area contributed by atoms with E-state index in [1.165, 1.54) is 6.07 Å². The predicted molar refractivity (Wildman–Crippen MR) is 76.9 cm³/mol. The fraction of sp³-hybridized carbons (Fsp3) is 0. The maximum absolute atomic E-state index is 5.90. The van der Waals surface area contributed by atoms with Crippen LogP contribution >= 0.6 is 23.4 Å². The van der Waals surface area contributed by atoms with Gasteiger partial charge in [0.25, 0.3) is 0 Å². The molecule has 0 unspecified atom stereocenters. The van der Waals surface area contributed by atoms with Gasteiger partial charge in [-0.05, 0) is 23.4 Å². The fourth-order valence-electron chi connectivity index (χ4n) is 1.45. The molecular formula is C10H8ClN9S. The van der Waals surface area contributed by atoms with E-state index in [2.05, 4.69) is 29.9 Å². The van der Waals surface area contributed by atoms with Crippen molar-refractivity contribution in [1.82, 2.24) is 34.5 Å². The zero-order valence-electron chi connectivity index (χ0n) is 10.4. The molecule has 0 spiro atoms. The average Bonchev–Trinajstić information content (AvgIpc) is 2.90. The summed E-state index contributed by atoms with van der Waals surface area (Å²) in [6.45, 7) is 0. The molecule has 0 aliphatic heterocycles. The van der Waals surface area contributed by atoms with Crippen LogP contribution in [0.4, 0.5) is 11.6 Å². The lowest BCUT2D eigenvalue weighted by Gasteiger charge is -2.04. The lowest BCUT2D eigenvalue weighted by Crippen LogP contribution is -2.03. The molecule has 0 bridgehead atoms. The molecule has 106 valence electrons. The summed E-state index contributed by atoms with van der Waals surface area (Å²) in [4.78, 5) is 24.3. The quantitative estimate of drug-likeness (QED) is 0.672. The molecule has 0 radical (unpaired) electrons. The van der Waals surface area contributed by atoms with E-state index in [1.54, 1.807) is 23.3 Å². The van der Waals surface area contributed by atoms with E-state index in [0.717, 1.165) is 11.8 Å². The molecule has 0 aromatic carbocycles. The third-order valence-electron chi connectivity index (χ3n) is 2.24. The molecule has 0 aliphatic rings. The zero-order valence-corrected chi connectivity index (χ0v) is 12.0. The minimum atomic E-state index is 0.0491. The van der Waals surface area contributed by atoms with Gasteiger partial charge >= 0.3 is 0 Å². The van der Waals surface area contributed by atoms with Crippen LogP contribution in [0.5, 0.6) is 0 Å². The fourth-order valence-corrected chi connectivity index (χ4v) is 2.38. The standard InChI is InChI=1S/C10H8ClN9S/c11-7-17-8(20-2-1-14-4-20)19-10(18-7)21-9-15-5(12)3-6(13)16-9/h1-4H,(H4,12,13,15,16). The number of imidazole rings is 1. The van der Waals surface area contributed by atoms with E-state index in [4.69, 9.17) is 23.1 Å². The number of rotatable bonds is 3. The van der Waals surface area contributed by atoms with Gasteiger partial charge in [0.2, 0.25) is 16.4 Å². The molecule has 0 saturated carbocycles. The van der Waals surface area contributed by atoms with Crippen molar-refractivity contribution in [3.05, 3.63) is 30.1 Å². The molecule has 0 saturated heterocycles. The summed E-state index contributed by atoms with van der Waals surface area (Å²) >= 11 is 6.98. The van der Waals surface area contributed by atoms with Crippen LogP contribution in [-0.4, -0.2) is 34.5 Å². The molecule has 4 N–H and O–H groups in total. The number of halogens is 1. The van der Waals surface area contributed by atoms with Gasteiger partial charge in [-0.1, -0.05) is 0 Å². The Balaban J connectivity index is 1.95. The van der Waals surface area contributed by atoms with Gasteiger partial charge < -0.3 is 11.5 Å². The van der Waals surface area contributed by atoms with Crippen molar-refractivity contribution in [2.24, 2.45) is 0 Å². The van der Waals surface area contributed by atoms with Crippen molar-refractivity contribution in [2.45, 2.75) is 10.3 Å². The number of anilines is 2. The monoisotopic (exact) mass is 321 g/mol. The number of nitrogen functional groups attached to an aromatic ring is 2. The highest BCUT2D eigenvalue weighted by Gasteiger charge is 2.10. The van der Waals surface area contributed by atoms with Crippen molar-refractivity contribution < 1.29 is 0 Å². The molecule has 0 atom stereocenters. The summed E-state index contributed by atoms with van der Waals surface area (Å²) in [6.07, 6.45) is 4.84. The van der Waals surface area contributed by atoms with Crippen LogP contribution in [0.25, 0.3) is 5.95 Å². The lowest BCUT2D eigenvalue weighted by atomic mass is 10.5. The van der Waals surface area contributed by atoms with Gasteiger partial charge in [0.05, 0.1) is 0 Å². The minimum Gasteiger partial charge on any atom is -0.383 e. The van der Waals surface area contributed by atoms with Gasteiger partial charge in [0.1, 0.15) is 18.0 Å². The zero-order chi connectivity index (χ0) is 14.8. The van der Waals surface area contributed by atoms with Gasteiger partial charge in [-0.3, -0.25) is 4.57 Å². The Bertz CT molecular complexity index is 756. The van der Waals surface area contributed by atoms with Crippen LogP contribution in [0.1, 0.15) is 0 Å². The first-order chi connectivity index (χ1) is 10.1. The third-order valence-corrected chi connectivity index (χ3v) is 3.14. The summed E-state index contributed by atoms with van der Waals surface area (Å²) in [7, 11) is 0.